The van der Waals surface area contributed by atoms with Crippen LogP contribution in [0.25, 0.3) is 0 Å². The predicted octanol–water partition coefficient (Wildman–Crippen LogP) is 2.47. The van der Waals surface area contributed by atoms with Crippen molar-refractivity contribution >= 4 is 28.5 Å². The minimum Gasteiger partial charge on any atom is -0.366 e. The third-order valence-corrected chi connectivity index (χ3v) is 3.75. The summed E-state index contributed by atoms with van der Waals surface area (Å²) in [4.78, 5) is 15.7. The van der Waals surface area contributed by atoms with Crippen LogP contribution in [0.2, 0.25) is 0 Å². The van der Waals surface area contributed by atoms with Crippen molar-refractivity contribution in [2.45, 2.75) is 31.6 Å². The summed E-state index contributed by atoms with van der Waals surface area (Å²) in [5.41, 5.74) is 6.61. The van der Waals surface area contributed by atoms with Crippen molar-refractivity contribution in [2.24, 2.45) is 10.7 Å². The molecule has 0 spiro atoms. The Balaban J connectivity index is 2.14. The van der Waals surface area contributed by atoms with Gasteiger partial charge in [-0.2, -0.15) is 0 Å². The number of rotatable bonds is 2. The summed E-state index contributed by atoms with van der Waals surface area (Å²) >= 11 is 1.72. The van der Waals surface area contributed by atoms with Crippen LogP contribution in [-0.4, -0.2) is 22.4 Å². The van der Waals surface area contributed by atoms with Crippen LogP contribution < -0.4 is 11.1 Å². The van der Waals surface area contributed by atoms with E-state index in [4.69, 9.17) is 5.73 Å². The molecule has 2 unspecified atom stereocenters. The highest BCUT2D eigenvalue weighted by molar-refractivity contribution is 8.14. The molecule has 0 radical (unpaired) electrons. The number of primary amides is 1. The van der Waals surface area contributed by atoms with E-state index in [9.17, 15) is 4.79 Å². The highest BCUT2D eigenvalue weighted by Crippen LogP contribution is 2.26. The predicted molar refractivity (Wildman–Crippen MR) is 77.1 cm³/mol. The van der Waals surface area contributed by atoms with Gasteiger partial charge in [-0.15, -0.1) is 0 Å². The van der Waals surface area contributed by atoms with Gasteiger partial charge in [0.2, 0.25) is 5.91 Å². The molecule has 18 heavy (non-hydrogen) atoms. The fourth-order valence-electron chi connectivity index (χ4n) is 1.94. The van der Waals surface area contributed by atoms with Gasteiger partial charge in [-0.25, -0.2) is 0 Å². The monoisotopic (exact) mass is 263 g/mol. The molecule has 3 N–H and O–H groups in total. The molecule has 96 valence electrons. The SMILES string of the molecule is CC1CC(C)SC(Nc2cccc(C(N)=O)c2)=N1. The zero-order valence-corrected chi connectivity index (χ0v) is 11.3. The second-order valence-electron chi connectivity index (χ2n) is 4.52. The van der Waals surface area contributed by atoms with Crippen LogP contribution in [0.3, 0.4) is 0 Å². The maximum absolute atomic E-state index is 11.1. The minimum atomic E-state index is -0.418. The third kappa shape index (κ3) is 3.26. The van der Waals surface area contributed by atoms with Gasteiger partial charge in [-0.1, -0.05) is 24.8 Å². The van der Waals surface area contributed by atoms with Crippen LogP contribution in [0.1, 0.15) is 30.6 Å². The molecule has 1 aromatic carbocycles. The lowest BCUT2D eigenvalue weighted by atomic mass is 10.2. The van der Waals surface area contributed by atoms with E-state index in [2.05, 4.69) is 24.2 Å². The molecule has 2 atom stereocenters. The number of hydrogen-bond donors (Lipinski definition) is 2. The van der Waals surface area contributed by atoms with Gasteiger partial charge in [0.1, 0.15) is 0 Å². The van der Waals surface area contributed by atoms with Gasteiger partial charge in [0, 0.05) is 16.5 Å². The van der Waals surface area contributed by atoms with Gasteiger partial charge in [0.15, 0.2) is 5.17 Å². The molecule has 1 heterocycles. The van der Waals surface area contributed by atoms with Gasteiger partial charge in [-0.3, -0.25) is 9.79 Å². The summed E-state index contributed by atoms with van der Waals surface area (Å²) in [6.45, 7) is 4.30. The van der Waals surface area contributed by atoms with E-state index in [1.807, 2.05) is 12.1 Å². The van der Waals surface area contributed by atoms with Crippen molar-refractivity contribution in [3.05, 3.63) is 29.8 Å². The standard InChI is InChI=1S/C13H17N3OS/c1-8-6-9(2)18-13(15-8)16-11-5-3-4-10(7-11)12(14)17/h3-5,7-9H,6H2,1-2H3,(H2,14,17)(H,15,16). The molecule has 0 bridgehead atoms. The fraction of sp³-hybridized carbons (Fsp3) is 0.385. The topological polar surface area (TPSA) is 67.5 Å². The number of nitrogens with one attached hydrogen (secondary N) is 1. The van der Waals surface area contributed by atoms with E-state index in [-0.39, 0.29) is 0 Å². The van der Waals surface area contributed by atoms with Crippen LogP contribution >= 0.6 is 11.8 Å². The lowest BCUT2D eigenvalue weighted by molar-refractivity contribution is 0.100. The van der Waals surface area contributed by atoms with Crippen molar-refractivity contribution in [1.82, 2.24) is 0 Å². The first-order valence-electron chi connectivity index (χ1n) is 5.96. The molecule has 4 nitrogen and oxygen atoms in total. The number of carbonyl (C=O) groups excluding carboxylic acids is 1. The highest BCUT2D eigenvalue weighted by Gasteiger charge is 2.18. The Kier molecular flexibility index (Phi) is 3.91. The fourth-order valence-corrected chi connectivity index (χ4v) is 3.11. The average Bonchev–Trinajstić information content (AvgIpc) is 2.27. The largest absolute Gasteiger partial charge is 0.366 e. The van der Waals surface area contributed by atoms with Gasteiger partial charge in [-0.05, 0) is 31.5 Å². The third-order valence-electron chi connectivity index (χ3n) is 2.72. The second-order valence-corrected chi connectivity index (χ2v) is 5.94. The molecule has 5 heteroatoms. The molecule has 1 aromatic rings. The number of hydrogen-bond acceptors (Lipinski definition) is 4. The number of benzene rings is 1. The Morgan fingerprint density at radius 2 is 2.28 bits per heavy atom. The van der Waals surface area contributed by atoms with E-state index >= 15 is 0 Å². The van der Waals surface area contributed by atoms with Crippen molar-refractivity contribution in [3.8, 4) is 0 Å². The molecule has 0 aliphatic carbocycles. The maximum Gasteiger partial charge on any atom is 0.248 e. The first kappa shape index (κ1) is 13.0. The quantitative estimate of drug-likeness (QED) is 0.861. The molecule has 0 aromatic heterocycles. The number of amidine groups is 1. The number of nitrogens with zero attached hydrogens (tertiary/aromatic N) is 1. The summed E-state index contributed by atoms with van der Waals surface area (Å²) in [5.74, 6) is -0.418. The molecule has 1 amide bonds. The summed E-state index contributed by atoms with van der Waals surface area (Å²) in [6, 6.07) is 7.50. The maximum atomic E-state index is 11.1. The van der Waals surface area contributed by atoms with E-state index in [1.165, 1.54) is 0 Å². The number of thioether (sulfide) groups is 1. The van der Waals surface area contributed by atoms with Crippen LogP contribution in [0.4, 0.5) is 5.69 Å². The molecule has 1 aliphatic rings. The number of nitrogens with two attached hydrogens (primary N) is 1. The first-order valence-corrected chi connectivity index (χ1v) is 6.84. The van der Waals surface area contributed by atoms with Gasteiger partial charge in [0.05, 0.1) is 6.04 Å². The van der Waals surface area contributed by atoms with E-state index in [1.54, 1.807) is 23.9 Å². The Morgan fingerprint density at radius 1 is 1.50 bits per heavy atom. The number of amides is 1. The van der Waals surface area contributed by atoms with Crippen LogP contribution in [0, 0.1) is 0 Å². The Hall–Kier alpha value is -1.49. The molecule has 2 rings (SSSR count). The normalized spacial score (nSPS) is 23.3. The van der Waals surface area contributed by atoms with Crippen molar-refractivity contribution in [3.63, 3.8) is 0 Å². The number of aliphatic imine (C=N–C) groups is 1. The average molecular weight is 263 g/mol. The molecular weight excluding hydrogens is 246 g/mol. The van der Waals surface area contributed by atoms with Crippen molar-refractivity contribution < 1.29 is 4.79 Å². The smallest absolute Gasteiger partial charge is 0.248 e. The lowest BCUT2D eigenvalue weighted by Gasteiger charge is -2.23. The Morgan fingerprint density at radius 3 is 2.94 bits per heavy atom. The summed E-state index contributed by atoms with van der Waals surface area (Å²) in [5, 5.41) is 4.70. The van der Waals surface area contributed by atoms with Crippen molar-refractivity contribution in [1.29, 1.82) is 0 Å². The summed E-state index contributed by atoms with van der Waals surface area (Å²) < 4.78 is 0. The number of carbonyl (C=O) groups is 1. The van der Waals surface area contributed by atoms with E-state index in [0.29, 0.717) is 16.9 Å². The molecule has 1 aliphatic heterocycles. The molecule has 0 saturated heterocycles. The van der Waals surface area contributed by atoms with E-state index < -0.39 is 5.91 Å². The van der Waals surface area contributed by atoms with Crippen LogP contribution in [0.5, 0.6) is 0 Å². The van der Waals surface area contributed by atoms with Gasteiger partial charge >= 0.3 is 0 Å². The first-order chi connectivity index (χ1) is 8.54. The Bertz CT molecular complexity index is 487. The van der Waals surface area contributed by atoms with E-state index in [0.717, 1.165) is 17.3 Å². The van der Waals surface area contributed by atoms with Crippen molar-refractivity contribution in [2.75, 3.05) is 5.32 Å². The van der Waals surface area contributed by atoms with Gasteiger partial charge < -0.3 is 11.1 Å². The zero-order valence-electron chi connectivity index (χ0n) is 10.5. The molecular formula is C13H17N3OS. The van der Waals surface area contributed by atoms with Crippen LogP contribution in [-0.2, 0) is 0 Å². The zero-order chi connectivity index (χ0) is 13.1. The molecule has 0 fully saturated rings. The van der Waals surface area contributed by atoms with Crippen LogP contribution in [0.15, 0.2) is 29.3 Å². The number of anilines is 1. The van der Waals surface area contributed by atoms with Gasteiger partial charge in [0.25, 0.3) is 0 Å². The second kappa shape index (κ2) is 5.44. The highest BCUT2D eigenvalue weighted by atomic mass is 32.2. The molecule has 0 saturated carbocycles. The lowest BCUT2D eigenvalue weighted by Crippen LogP contribution is -2.22. The summed E-state index contributed by atoms with van der Waals surface area (Å²) in [7, 11) is 0. The summed E-state index contributed by atoms with van der Waals surface area (Å²) in [6.07, 6.45) is 1.09. The minimum absolute atomic E-state index is 0.336. The Labute approximate surface area is 111 Å².